The summed E-state index contributed by atoms with van der Waals surface area (Å²) in [4.78, 5) is 1.93. The summed E-state index contributed by atoms with van der Waals surface area (Å²) in [6.45, 7) is 1.89. The Labute approximate surface area is 62.1 Å². The Morgan fingerprint density at radius 3 is 2.50 bits per heavy atom. The normalized spacial score (nSPS) is 11.6. The van der Waals surface area contributed by atoms with E-state index in [1.807, 2.05) is 44.3 Å². The highest BCUT2D eigenvalue weighted by Gasteiger charge is 1.79. The van der Waals surface area contributed by atoms with Crippen molar-refractivity contribution in [1.82, 2.24) is 4.90 Å². The molecule has 0 aromatic heterocycles. The molecule has 0 saturated carbocycles. The van der Waals surface area contributed by atoms with Gasteiger partial charge in [0.25, 0.3) is 0 Å². The van der Waals surface area contributed by atoms with Crippen molar-refractivity contribution in [3.63, 3.8) is 0 Å². The summed E-state index contributed by atoms with van der Waals surface area (Å²) >= 11 is 0. The van der Waals surface area contributed by atoms with Crippen molar-refractivity contribution in [2.45, 2.75) is 6.92 Å². The first kappa shape index (κ1) is 8.77. The van der Waals surface area contributed by atoms with Crippen LogP contribution in [0.3, 0.4) is 0 Å². The van der Waals surface area contributed by atoms with Gasteiger partial charge in [0, 0.05) is 20.2 Å². The Morgan fingerprint density at radius 1 is 1.50 bits per heavy atom. The molecule has 0 radical (unpaired) electrons. The zero-order chi connectivity index (χ0) is 7.98. The van der Waals surface area contributed by atoms with Gasteiger partial charge in [-0.15, -0.1) is 0 Å². The van der Waals surface area contributed by atoms with Crippen molar-refractivity contribution in [3.8, 4) is 6.07 Å². The predicted octanol–water partition coefficient (Wildman–Crippen LogP) is 1.53. The average molecular weight is 136 g/mol. The van der Waals surface area contributed by atoms with E-state index < -0.39 is 0 Å². The van der Waals surface area contributed by atoms with Gasteiger partial charge in [0.15, 0.2) is 0 Å². The fraction of sp³-hybridized carbons (Fsp3) is 0.375. The molecular formula is C8H12N2. The lowest BCUT2D eigenvalue weighted by molar-refractivity contribution is 0.563. The summed E-state index contributed by atoms with van der Waals surface area (Å²) in [5, 5.41) is 8.23. The lowest BCUT2D eigenvalue weighted by Gasteiger charge is -2.01. The van der Waals surface area contributed by atoms with Crippen LogP contribution in [0.25, 0.3) is 0 Å². The zero-order valence-corrected chi connectivity index (χ0v) is 6.63. The second-order valence-electron chi connectivity index (χ2n) is 2.30. The molecule has 0 aliphatic carbocycles. The van der Waals surface area contributed by atoms with Gasteiger partial charge in [-0.05, 0) is 24.8 Å². The molecule has 54 valence electrons. The maximum Gasteiger partial charge on any atom is 0.0914 e. The van der Waals surface area contributed by atoms with Crippen LogP contribution in [0.1, 0.15) is 6.92 Å². The molecule has 2 heteroatoms. The Hall–Kier alpha value is -1.23. The molecule has 0 bridgehead atoms. The van der Waals surface area contributed by atoms with Crippen LogP contribution in [0.5, 0.6) is 0 Å². The summed E-state index contributed by atoms with van der Waals surface area (Å²) in [7, 11) is 3.88. The van der Waals surface area contributed by atoms with Crippen LogP contribution >= 0.6 is 0 Å². The van der Waals surface area contributed by atoms with E-state index in [0.717, 1.165) is 5.57 Å². The predicted molar refractivity (Wildman–Crippen MR) is 42.2 cm³/mol. The standard InChI is InChI=1S/C8H12N2/c1-8(4-6-9)5-7-10(2)3/h4-5,7H,1-3H3. The zero-order valence-electron chi connectivity index (χ0n) is 6.63. The topological polar surface area (TPSA) is 27.0 Å². The quantitative estimate of drug-likeness (QED) is 0.425. The van der Waals surface area contributed by atoms with Gasteiger partial charge < -0.3 is 4.90 Å². The van der Waals surface area contributed by atoms with Crippen molar-refractivity contribution in [2.24, 2.45) is 0 Å². The first-order valence-electron chi connectivity index (χ1n) is 3.08. The first-order valence-corrected chi connectivity index (χ1v) is 3.08. The van der Waals surface area contributed by atoms with Gasteiger partial charge >= 0.3 is 0 Å². The summed E-state index contributed by atoms with van der Waals surface area (Å²) in [5.74, 6) is 0. The van der Waals surface area contributed by atoms with Gasteiger partial charge in [-0.1, -0.05) is 0 Å². The highest BCUT2D eigenvalue weighted by molar-refractivity contribution is 5.21. The van der Waals surface area contributed by atoms with Gasteiger partial charge in [-0.3, -0.25) is 0 Å². The molecule has 0 rings (SSSR count). The summed E-state index contributed by atoms with van der Waals surface area (Å²) in [6.07, 6.45) is 5.31. The van der Waals surface area contributed by atoms with E-state index in [1.165, 1.54) is 6.08 Å². The lowest BCUT2D eigenvalue weighted by Crippen LogP contribution is -1.99. The third-order valence-electron chi connectivity index (χ3n) is 0.928. The minimum absolute atomic E-state index is 0.969. The maximum absolute atomic E-state index is 8.23. The van der Waals surface area contributed by atoms with Crippen LogP contribution in [0.2, 0.25) is 0 Å². The van der Waals surface area contributed by atoms with Gasteiger partial charge in [-0.25, -0.2) is 0 Å². The van der Waals surface area contributed by atoms with Crippen LogP contribution in [0, 0.1) is 11.3 Å². The second kappa shape index (κ2) is 4.63. The van der Waals surface area contributed by atoms with Gasteiger partial charge in [0.05, 0.1) is 6.07 Å². The van der Waals surface area contributed by atoms with Crippen LogP contribution < -0.4 is 0 Å². The summed E-state index contributed by atoms with van der Waals surface area (Å²) < 4.78 is 0. The molecule has 0 heterocycles. The monoisotopic (exact) mass is 136 g/mol. The number of rotatable bonds is 2. The molecule has 0 fully saturated rings. The van der Waals surface area contributed by atoms with Crippen LogP contribution in [0.4, 0.5) is 0 Å². The number of hydrogen-bond acceptors (Lipinski definition) is 2. The van der Waals surface area contributed by atoms with Crippen molar-refractivity contribution in [1.29, 1.82) is 5.26 Å². The molecule has 0 saturated heterocycles. The van der Waals surface area contributed by atoms with Gasteiger partial charge in [0.2, 0.25) is 0 Å². The van der Waals surface area contributed by atoms with Crippen molar-refractivity contribution < 1.29 is 0 Å². The smallest absolute Gasteiger partial charge is 0.0914 e. The van der Waals surface area contributed by atoms with Crippen molar-refractivity contribution in [2.75, 3.05) is 14.1 Å². The number of nitrogens with zero attached hydrogens (tertiary/aromatic N) is 2. The van der Waals surface area contributed by atoms with Crippen molar-refractivity contribution >= 4 is 0 Å². The van der Waals surface area contributed by atoms with E-state index in [-0.39, 0.29) is 0 Å². The molecular weight excluding hydrogens is 124 g/mol. The SMILES string of the molecule is CC(C=CN(C)C)=CC#N. The molecule has 0 N–H and O–H groups in total. The highest BCUT2D eigenvalue weighted by atomic mass is 15.0. The molecule has 2 nitrogen and oxygen atoms in total. The average Bonchev–Trinajstić information content (AvgIpc) is 1.85. The van der Waals surface area contributed by atoms with Gasteiger partial charge in [-0.2, -0.15) is 5.26 Å². The molecule has 0 aliphatic heterocycles. The minimum atomic E-state index is 0.969. The number of nitriles is 1. The summed E-state index contributed by atoms with van der Waals surface area (Å²) in [5.41, 5.74) is 0.969. The first-order chi connectivity index (χ1) is 4.66. The van der Waals surface area contributed by atoms with E-state index in [4.69, 9.17) is 5.26 Å². The Bertz CT molecular complexity index is 182. The van der Waals surface area contributed by atoms with Crippen LogP contribution in [-0.4, -0.2) is 19.0 Å². The molecule has 0 aromatic carbocycles. The second-order valence-corrected chi connectivity index (χ2v) is 2.30. The third-order valence-corrected chi connectivity index (χ3v) is 0.928. The Kier molecular flexibility index (Phi) is 4.06. The molecule has 10 heavy (non-hydrogen) atoms. The lowest BCUT2D eigenvalue weighted by atomic mass is 10.3. The number of hydrogen-bond donors (Lipinski definition) is 0. The molecule has 0 amide bonds. The van der Waals surface area contributed by atoms with E-state index in [0.29, 0.717) is 0 Å². The Balaban J connectivity index is 3.92. The third kappa shape index (κ3) is 4.92. The van der Waals surface area contributed by atoms with Crippen molar-refractivity contribution in [3.05, 3.63) is 23.9 Å². The fourth-order valence-electron chi connectivity index (χ4n) is 0.417. The molecule has 0 atom stereocenters. The fourth-order valence-corrected chi connectivity index (χ4v) is 0.417. The summed E-state index contributed by atoms with van der Waals surface area (Å²) in [6, 6.07) is 1.96. The maximum atomic E-state index is 8.23. The van der Waals surface area contributed by atoms with E-state index in [9.17, 15) is 0 Å². The van der Waals surface area contributed by atoms with E-state index in [1.54, 1.807) is 0 Å². The molecule has 0 spiro atoms. The minimum Gasteiger partial charge on any atom is -0.383 e. The number of allylic oxidation sites excluding steroid dienone is 3. The largest absolute Gasteiger partial charge is 0.383 e. The highest BCUT2D eigenvalue weighted by Crippen LogP contribution is 1.93. The molecule has 0 aliphatic rings. The Morgan fingerprint density at radius 2 is 2.10 bits per heavy atom. The van der Waals surface area contributed by atoms with Crippen LogP contribution in [0.15, 0.2) is 23.9 Å². The van der Waals surface area contributed by atoms with E-state index in [2.05, 4.69) is 0 Å². The molecule has 0 aromatic rings. The van der Waals surface area contributed by atoms with Gasteiger partial charge in [0.1, 0.15) is 0 Å². The molecule has 0 unspecified atom stereocenters. The van der Waals surface area contributed by atoms with E-state index >= 15 is 0 Å². The van der Waals surface area contributed by atoms with Crippen LogP contribution in [-0.2, 0) is 0 Å².